The molecule has 0 heterocycles. The smallest absolute Gasteiger partial charge is 0.218 e. The van der Waals surface area contributed by atoms with E-state index in [1.54, 1.807) is 28.2 Å². The molecule has 0 unspecified atom stereocenters. The standard InChI is InChI=1S/2C4H9NO.CH4/c2*1-4(6)5(2)3;/h2*1-3H3;1H4. The third kappa shape index (κ3) is 18.2. The van der Waals surface area contributed by atoms with Crippen LogP contribution >= 0.6 is 0 Å². The molecular weight excluding hydrogens is 168 g/mol. The van der Waals surface area contributed by atoms with Crippen LogP contribution in [-0.2, 0) is 9.59 Å². The highest BCUT2D eigenvalue weighted by Crippen LogP contribution is 1.70. The third-order valence-corrected chi connectivity index (χ3v) is 1.26. The van der Waals surface area contributed by atoms with Crippen LogP contribution in [0.1, 0.15) is 21.3 Å². The van der Waals surface area contributed by atoms with Crippen LogP contribution in [0.15, 0.2) is 0 Å². The zero-order valence-corrected chi connectivity index (χ0v) is 8.71. The molecule has 0 aromatic carbocycles. The molecule has 0 aliphatic rings. The maximum Gasteiger partial charge on any atom is 0.218 e. The zero-order valence-electron chi connectivity index (χ0n) is 8.71. The lowest BCUT2D eigenvalue weighted by molar-refractivity contribution is -0.127. The van der Waals surface area contributed by atoms with E-state index in [2.05, 4.69) is 0 Å². The molecular formula is C9H22N2O2. The summed E-state index contributed by atoms with van der Waals surface area (Å²) in [5.41, 5.74) is 0. The largest absolute Gasteiger partial charge is 0.349 e. The van der Waals surface area contributed by atoms with Crippen molar-refractivity contribution in [3.05, 3.63) is 0 Å². The Hall–Kier alpha value is -1.06. The Morgan fingerprint density at radius 2 is 0.846 bits per heavy atom. The Kier molecular flexibility index (Phi) is 12.4. The number of carbonyl (C=O) groups excluding carboxylic acids is 2. The van der Waals surface area contributed by atoms with Crippen LogP contribution in [0.5, 0.6) is 0 Å². The monoisotopic (exact) mass is 190 g/mol. The van der Waals surface area contributed by atoms with Crippen molar-refractivity contribution in [1.29, 1.82) is 0 Å². The highest BCUT2D eigenvalue weighted by Gasteiger charge is 1.88. The van der Waals surface area contributed by atoms with Crippen LogP contribution in [0, 0.1) is 0 Å². The van der Waals surface area contributed by atoms with Gasteiger partial charge in [-0.2, -0.15) is 0 Å². The second-order valence-corrected chi connectivity index (χ2v) is 2.83. The molecule has 0 aliphatic heterocycles. The van der Waals surface area contributed by atoms with Gasteiger partial charge >= 0.3 is 0 Å². The van der Waals surface area contributed by atoms with Gasteiger partial charge in [0.05, 0.1) is 0 Å². The predicted molar refractivity (Wildman–Crippen MR) is 55.5 cm³/mol. The van der Waals surface area contributed by atoms with Crippen molar-refractivity contribution in [2.45, 2.75) is 21.3 Å². The van der Waals surface area contributed by atoms with Gasteiger partial charge in [-0.3, -0.25) is 9.59 Å². The molecule has 2 amide bonds. The van der Waals surface area contributed by atoms with E-state index in [0.29, 0.717) is 0 Å². The molecule has 0 spiro atoms. The Morgan fingerprint density at radius 3 is 0.846 bits per heavy atom. The zero-order chi connectivity index (χ0) is 10.3. The van der Waals surface area contributed by atoms with Gasteiger partial charge in [-0.05, 0) is 0 Å². The maximum absolute atomic E-state index is 10.1. The van der Waals surface area contributed by atoms with E-state index in [-0.39, 0.29) is 19.2 Å². The molecule has 0 atom stereocenters. The molecule has 4 heteroatoms. The van der Waals surface area contributed by atoms with E-state index < -0.39 is 0 Å². The number of amides is 2. The van der Waals surface area contributed by atoms with Gasteiger partial charge in [0.25, 0.3) is 0 Å². The van der Waals surface area contributed by atoms with E-state index in [9.17, 15) is 9.59 Å². The minimum absolute atomic E-state index is 0. The fourth-order valence-corrected chi connectivity index (χ4v) is 0. The summed E-state index contributed by atoms with van der Waals surface area (Å²) < 4.78 is 0. The van der Waals surface area contributed by atoms with Crippen molar-refractivity contribution in [2.24, 2.45) is 0 Å². The van der Waals surface area contributed by atoms with Gasteiger partial charge in [-0.15, -0.1) is 0 Å². The van der Waals surface area contributed by atoms with E-state index in [1.165, 1.54) is 23.6 Å². The number of carbonyl (C=O) groups is 2. The lowest BCUT2D eigenvalue weighted by Crippen LogP contribution is -2.17. The van der Waals surface area contributed by atoms with Gasteiger partial charge in [0.2, 0.25) is 11.8 Å². The van der Waals surface area contributed by atoms with E-state index in [1.807, 2.05) is 0 Å². The Balaban J connectivity index is -0.000000143. The number of hydrogen-bond donors (Lipinski definition) is 0. The topological polar surface area (TPSA) is 40.6 Å². The molecule has 0 fully saturated rings. The molecule has 0 aromatic heterocycles. The summed E-state index contributed by atoms with van der Waals surface area (Å²) in [4.78, 5) is 23.2. The Labute approximate surface area is 81.5 Å². The first kappa shape index (κ1) is 17.9. The van der Waals surface area contributed by atoms with Gasteiger partial charge < -0.3 is 9.80 Å². The quantitative estimate of drug-likeness (QED) is 0.567. The van der Waals surface area contributed by atoms with Crippen molar-refractivity contribution >= 4 is 11.8 Å². The highest BCUT2D eigenvalue weighted by molar-refractivity contribution is 5.72. The maximum atomic E-state index is 10.1. The lowest BCUT2D eigenvalue weighted by atomic mass is 10.7. The van der Waals surface area contributed by atoms with Crippen LogP contribution in [-0.4, -0.2) is 49.8 Å². The SMILES string of the molecule is C.CC(=O)N(C)C.CC(=O)N(C)C. The minimum Gasteiger partial charge on any atom is -0.349 e. The fourth-order valence-electron chi connectivity index (χ4n) is 0. The van der Waals surface area contributed by atoms with Crippen molar-refractivity contribution < 1.29 is 9.59 Å². The summed E-state index contributed by atoms with van der Waals surface area (Å²) in [5, 5.41) is 0. The summed E-state index contributed by atoms with van der Waals surface area (Å²) in [6.45, 7) is 3.06. The number of nitrogens with zero attached hydrogens (tertiary/aromatic N) is 2. The minimum atomic E-state index is 0. The van der Waals surface area contributed by atoms with Crippen molar-refractivity contribution in [3.63, 3.8) is 0 Å². The van der Waals surface area contributed by atoms with Crippen molar-refractivity contribution in [2.75, 3.05) is 28.2 Å². The van der Waals surface area contributed by atoms with Gasteiger partial charge in [0.1, 0.15) is 0 Å². The number of rotatable bonds is 0. The van der Waals surface area contributed by atoms with Crippen LogP contribution in [0.25, 0.3) is 0 Å². The summed E-state index contributed by atoms with van der Waals surface area (Å²) in [6.07, 6.45) is 0. The molecule has 0 radical (unpaired) electrons. The molecule has 0 aromatic rings. The van der Waals surface area contributed by atoms with E-state index in [4.69, 9.17) is 0 Å². The lowest BCUT2D eigenvalue weighted by Gasteiger charge is -2.02. The Bertz CT molecular complexity index is 136. The molecule has 0 saturated carbocycles. The van der Waals surface area contributed by atoms with Gasteiger partial charge in [-0.25, -0.2) is 0 Å². The molecule has 0 N–H and O–H groups in total. The van der Waals surface area contributed by atoms with Crippen LogP contribution < -0.4 is 0 Å². The van der Waals surface area contributed by atoms with Crippen molar-refractivity contribution in [3.8, 4) is 0 Å². The first-order chi connectivity index (χ1) is 5.29. The van der Waals surface area contributed by atoms with E-state index >= 15 is 0 Å². The molecule has 13 heavy (non-hydrogen) atoms. The van der Waals surface area contributed by atoms with Crippen LogP contribution in [0.4, 0.5) is 0 Å². The normalized spacial score (nSPS) is 7.23. The summed E-state index contributed by atoms with van der Waals surface area (Å²) in [7, 11) is 6.90. The van der Waals surface area contributed by atoms with Gasteiger partial charge in [-0.1, -0.05) is 7.43 Å². The fraction of sp³-hybridized carbons (Fsp3) is 0.778. The predicted octanol–water partition coefficient (Wildman–Crippen LogP) is 0.825. The number of hydrogen-bond acceptors (Lipinski definition) is 2. The Morgan fingerprint density at radius 1 is 0.769 bits per heavy atom. The van der Waals surface area contributed by atoms with Crippen LogP contribution in [0.3, 0.4) is 0 Å². The van der Waals surface area contributed by atoms with Gasteiger partial charge in [0, 0.05) is 42.0 Å². The van der Waals surface area contributed by atoms with Gasteiger partial charge in [0.15, 0.2) is 0 Å². The molecule has 4 nitrogen and oxygen atoms in total. The second kappa shape index (κ2) is 9.03. The van der Waals surface area contributed by atoms with Crippen molar-refractivity contribution in [1.82, 2.24) is 9.80 Å². The van der Waals surface area contributed by atoms with Crippen LogP contribution in [0.2, 0.25) is 0 Å². The molecule has 0 rings (SSSR count). The third-order valence-electron chi connectivity index (χ3n) is 1.26. The average Bonchev–Trinajstić information content (AvgIpc) is 1.88. The molecule has 0 bridgehead atoms. The molecule has 0 aliphatic carbocycles. The first-order valence-electron chi connectivity index (χ1n) is 3.64. The summed E-state index contributed by atoms with van der Waals surface area (Å²) in [5.74, 6) is 0.185. The molecule has 0 saturated heterocycles. The van der Waals surface area contributed by atoms with E-state index in [0.717, 1.165) is 0 Å². The average molecular weight is 190 g/mol. The first-order valence-corrected chi connectivity index (χ1v) is 3.64. The summed E-state index contributed by atoms with van der Waals surface area (Å²) in [6, 6.07) is 0. The second-order valence-electron chi connectivity index (χ2n) is 2.83. The molecule has 80 valence electrons. The highest BCUT2D eigenvalue weighted by atomic mass is 16.2. The summed E-state index contributed by atoms with van der Waals surface area (Å²) >= 11 is 0.